The third kappa shape index (κ3) is 1.84. The van der Waals surface area contributed by atoms with E-state index in [2.05, 4.69) is 15.6 Å². The lowest BCUT2D eigenvalue weighted by atomic mass is 10.2. The van der Waals surface area contributed by atoms with Crippen LogP contribution in [-0.4, -0.2) is 10.2 Å². The highest BCUT2D eigenvalue weighted by atomic mass is 35.5. The molecule has 72 valence electrons. The fraction of sp³-hybridized carbons (Fsp3) is 0. The summed E-state index contributed by atoms with van der Waals surface area (Å²) in [6, 6.07) is 5.44. The van der Waals surface area contributed by atoms with Gasteiger partial charge in [0.1, 0.15) is 0 Å². The summed E-state index contributed by atoms with van der Waals surface area (Å²) >= 11 is 7.27. The number of nitrogens with one attached hydrogen (secondary N) is 1. The quantitative estimate of drug-likeness (QED) is 0.608. The van der Waals surface area contributed by atoms with E-state index in [1.165, 1.54) is 11.3 Å². The molecule has 0 atom stereocenters. The molecule has 0 radical (unpaired) electrons. The van der Waals surface area contributed by atoms with Gasteiger partial charge in [0, 0.05) is 10.9 Å². The first-order valence-electron chi connectivity index (χ1n) is 3.84. The van der Waals surface area contributed by atoms with Crippen LogP contribution in [-0.2, 0) is 0 Å². The third-order valence-corrected chi connectivity index (χ3v) is 2.77. The molecule has 2 aromatic heterocycles. The molecular formula is C8H7ClN4S. The van der Waals surface area contributed by atoms with E-state index < -0.39 is 0 Å². The molecule has 0 aliphatic heterocycles. The van der Waals surface area contributed by atoms with Crippen molar-refractivity contribution in [3.8, 4) is 11.3 Å². The molecule has 0 fully saturated rings. The van der Waals surface area contributed by atoms with Crippen LogP contribution in [0.2, 0.25) is 4.34 Å². The maximum Gasteiger partial charge on any atom is 0.162 e. The van der Waals surface area contributed by atoms with Crippen molar-refractivity contribution in [1.82, 2.24) is 10.2 Å². The Balaban J connectivity index is 2.33. The maximum absolute atomic E-state index is 5.81. The summed E-state index contributed by atoms with van der Waals surface area (Å²) < 4.78 is 0.739. The minimum atomic E-state index is 0.537. The fourth-order valence-electron chi connectivity index (χ4n) is 1.01. The van der Waals surface area contributed by atoms with E-state index in [1.807, 2.05) is 17.5 Å². The topological polar surface area (TPSA) is 63.8 Å². The van der Waals surface area contributed by atoms with Crippen LogP contribution in [0.3, 0.4) is 0 Å². The molecule has 0 aromatic carbocycles. The summed E-state index contributed by atoms with van der Waals surface area (Å²) in [7, 11) is 0. The predicted octanol–water partition coefficient (Wildman–Crippen LogP) is 2.14. The molecule has 0 amide bonds. The van der Waals surface area contributed by atoms with E-state index in [-0.39, 0.29) is 0 Å². The lowest BCUT2D eigenvalue weighted by molar-refractivity contribution is 1.03. The Labute approximate surface area is 89.7 Å². The molecule has 0 aliphatic carbocycles. The van der Waals surface area contributed by atoms with Crippen LogP contribution in [0.4, 0.5) is 5.82 Å². The van der Waals surface area contributed by atoms with Crippen LogP contribution in [0.15, 0.2) is 23.6 Å². The highest BCUT2D eigenvalue weighted by Crippen LogP contribution is 2.27. The first-order chi connectivity index (χ1) is 6.79. The van der Waals surface area contributed by atoms with Gasteiger partial charge in [0.25, 0.3) is 0 Å². The molecule has 0 spiro atoms. The monoisotopic (exact) mass is 226 g/mol. The van der Waals surface area contributed by atoms with Crippen molar-refractivity contribution in [2.24, 2.45) is 5.84 Å². The van der Waals surface area contributed by atoms with Crippen LogP contribution < -0.4 is 11.3 Å². The van der Waals surface area contributed by atoms with Crippen LogP contribution in [0.25, 0.3) is 11.3 Å². The van der Waals surface area contributed by atoms with Gasteiger partial charge in [-0.05, 0) is 18.2 Å². The lowest BCUT2D eigenvalue weighted by Crippen LogP contribution is -2.08. The van der Waals surface area contributed by atoms with Crippen LogP contribution in [0.5, 0.6) is 0 Å². The molecule has 14 heavy (non-hydrogen) atoms. The number of hydrazine groups is 1. The predicted molar refractivity (Wildman–Crippen MR) is 58.2 cm³/mol. The highest BCUT2D eigenvalue weighted by Gasteiger charge is 2.02. The highest BCUT2D eigenvalue weighted by molar-refractivity contribution is 7.14. The molecule has 0 unspecified atom stereocenters. The molecule has 2 aromatic rings. The van der Waals surface area contributed by atoms with Gasteiger partial charge >= 0.3 is 0 Å². The molecule has 0 bridgehead atoms. The van der Waals surface area contributed by atoms with Crippen LogP contribution >= 0.6 is 22.9 Å². The third-order valence-electron chi connectivity index (χ3n) is 1.68. The molecule has 0 saturated heterocycles. The average Bonchev–Trinajstić information content (AvgIpc) is 2.65. The smallest absolute Gasteiger partial charge is 0.162 e. The Morgan fingerprint density at radius 1 is 1.36 bits per heavy atom. The first-order valence-corrected chi connectivity index (χ1v) is 5.10. The largest absolute Gasteiger partial charge is 0.307 e. The Morgan fingerprint density at radius 2 is 2.21 bits per heavy atom. The van der Waals surface area contributed by atoms with Crippen molar-refractivity contribution < 1.29 is 0 Å². The van der Waals surface area contributed by atoms with E-state index in [4.69, 9.17) is 17.4 Å². The zero-order valence-electron chi connectivity index (χ0n) is 7.07. The minimum Gasteiger partial charge on any atom is -0.307 e. The number of hydrogen-bond donors (Lipinski definition) is 2. The molecule has 0 aliphatic rings. The molecule has 2 heterocycles. The second-order valence-electron chi connectivity index (χ2n) is 2.59. The van der Waals surface area contributed by atoms with E-state index in [0.717, 1.165) is 15.6 Å². The summed E-state index contributed by atoms with van der Waals surface area (Å²) in [6.07, 6.45) is 0. The van der Waals surface area contributed by atoms with Gasteiger partial charge in [-0.15, -0.1) is 21.5 Å². The summed E-state index contributed by atoms with van der Waals surface area (Å²) in [5.41, 5.74) is 4.17. The van der Waals surface area contributed by atoms with Crippen molar-refractivity contribution in [2.75, 3.05) is 5.43 Å². The van der Waals surface area contributed by atoms with Gasteiger partial charge in [-0.1, -0.05) is 11.6 Å². The van der Waals surface area contributed by atoms with Crippen LogP contribution in [0.1, 0.15) is 0 Å². The summed E-state index contributed by atoms with van der Waals surface area (Å²) in [5.74, 6) is 5.71. The minimum absolute atomic E-state index is 0.537. The number of nitrogens with two attached hydrogens (primary N) is 1. The molecule has 2 rings (SSSR count). The fourth-order valence-corrected chi connectivity index (χ4v) is 1.88. The molecule has 3 N–H and O–H groups in total. The Hall–Kier alpha value is -1.17. The SMILES string of the molecule is NNc1ccc(-c2csc(Cl)c2)nn1. The van der Waals surface area contributed by atoms with Crippen molar-refractivity contribution in [3.05, 3.63) is 27.9 Å². The van der Waals surface area contributed by atoms with Gasteiger partial charge in [0.05, 0.1) is 10.0 Å². The second-order valence-corrected chi connectivity index (χ2v) is 4.13. The normalized spacial score (nSPS) is 10.1. The standard InChI is InChI=1S/C8H7ClN4S/c9-7-3-5(4-14-7)6-1-2-8(11-10)13-12-6/h1-4H,10H2,(H,11,13). The molecule has 0 saturated carbocycles. The van der Waals surface area contributed by atoms with Crippen molar-refractivity contribution >= 4 is 28.8 Å². The van der Waals surface area contributed by atoms with Gasteiger partial charge < -0.3 is 5.43 Å². The van der Waals surface area contributed by atoms with Gasteiger partial charge in [-0.3, -0.25) is 0 Å². The number of rotatable bonds is 2. The summed E-state index contributed by atoms with van der Waals surface area (Å²) in [4.78, 5) is 0. The number of nitrogens with zero attached hydrogens (tertiary/aromatic N) is 2. The second kappa shape index (κ2) is 3.91. The zero-order chi connectivity index (χ0) is 9.97. The number of thiophene rings is 1. The van der Waals surface area contributed by atoms with Gasteiger partial charge in [-0.2, -0.15) is 0 Å². The maximum atomic E-state index is 5.81. The number of nitrogen functional groups attached to an aromatic ring is 1. The zero-order valence-corrected chi connectivity index (χ0v) is 8.64. The summed E-state index contributed by atoms with van der Waals surface area (Å²) in [6.45, 7) is 0. The van der Waals surface area contributed by atoms with Crippen molar-refractivity contribution in [2.45, 2.75) is 0 Å². The van der Waals surface area contributed by atoms with Crippen molar-refractivity contribution in [1.29, 1.82) is 0 Å². The van der Waals surface area contributed by atoms with E-state index in [0.29, 0.717) is 5.82 Å². The van der Waals surface area contributed by atoms with Gasteiger partial charge in [0.2, 0.25) is 0 Å². The number of anilines is 1. The Bertz CT molecular complexity index is 425. The summed E-state index contributed by atoms with van der Waals surface area (Å²) in [5, 5.41) is 9.78. The molecular weight excluding hydrogens is 220 g/mol. The lowest BCUT2D eigenvalue weighted by Gasteiger charge is -1.98. The van der Waals surface area contributed by atoms with E-state index in [1.54, 1.807) is 6.07 Å². The molecule has 4 nitrogen and oxygen atoms in total. The Morgan fingerprint density at radius 3 is 2.71 bits per heavy atom. The number of halogens is 1. The van der Waals surface area contributed by atoms with E-state index >= 15 is 0 Å². The number of hydrogen-bond acceptors (Lipinski definition) is 5. The van der Waals surface area contributed by atoms with Gasteiger partial charge in [-0.25, -0.2) is 5.84 Å². The Kier molecular flexibility index (Phi) is 2.62. The first kappa shape index (κ1) is 9.39. The van der Waals surface area contributed by atoms with Crippen LogP contribution in [0, 0.1) is 0 Å². The average molecular weight is 227 g/mol. The van der Waals surface area contributed by atoms with Crippen molar-refractivity contribution in [3.63, 3.8) is 0 Å². The molecule has 6 heteroatoms. The number of aromatic nitrogens is 2. The van der Waals surface area contributed by atoms with E-state index in [9.17, 15) is 0 Å². The van der Waals surface area contributed by atoms with Gasteiger partial charge in [0.15, 0.2) is 5.82 Å².